The van der Waals surface area contributed by atoms with Crippen molar-refractivity contribution >= 4 is 38.2 Å². The number of amidine groups is 1. The van der Waals surface area contributed by atoms with Crippen LogP contribution in [-0.4, -0.2) is 37.4 Å². The van der Waals surface area contributed by atoms with Gasteiger partial charge in [-0.05, 0) is 23.6 Å². The minimum atomic E-state index is -3.40. The van der Waals surface area contributed by atoms with Crippen molar-refractivity contribution in [2.24, 2.45) is 4.40 Å². The number of benzene rings is 2. The van der Waals surface area contributed by atoms with Gasteiger partial charge in [0, 0.05) is 23.8 Å². The lowest BCUT2D eigenvalue weighted by molar-refractivity contribution is -0.112. The molecule has 7 heteroatoms. The highest BCUT2D eigenvalue weighted by Gasteiger charge is 2.25. The average molecular weight is 353 g/mol. The van der Waals surface area contributed by atoms with Crippen LogP contribution in [0.5, 0.6) is 0 Å². The standard InChI is InChI=1S/C18H15N3O3S/c22-18(19-16-7-3-5-13-4-1-2-6-15(13)16)14-8-9-17-20-25(23,24)11-10-21(17)12-14/h1-9,12H,10-11H2,(H,19,22). The van der Waals surface area contributed by atoms with Gasteiger partial charge in [-0.1, -0.05) is 36.4 Å². The predicted octanol–water partition coefficient (Wildman–Crippen LogP) is 2.28. The van der Waals surface area contributed by atoms with Gasteiger partial charge in [-0.2, -0.15) is 0 Å². The zero-order valence-electron chi connectivity index (χ0n) is 13.2. The molecule has 2 aromatic rings. The van der Waals surface area contributed by atoms with Crippen molar-refractivity contribution in [2.75, 3.05) is 17.6 Å². The fourth-order valence-electron chi connectivity index (χ4n) is 2.86. The number of carbonyl (C=O) groups excluding carboxylic acids is 1. The van der Waals surface area contributed by atoms with Gasteiger partial charge in [-0.25, -0.2) is 8.42 Å². The van der Waals surface area contributed by atoms with Crippen molar-refractivity contribution in [1.29, 1.82) is 0 Å². The minimum Gasteiger partial charge on any atom is -0.330 e. The number of sulfonamides is 1. The molecule has 0 spiro atoms. The molecular formula is C18H15N3O3S. The van der Waals surface area contributed by atoms with E-state index in [4.69, 9.17) is 0 Å². The Hall–Kier alpha value is -2.93. The summed E-state index contributed by atoms with van der Waals surface area (Å²) >= 11 is 0. The van der Waals surface area contributed by atoms with Crippen LogP contribution in [0.2, 0.25) is 0 Å². The Kier molecular flexibility index (Phi) is 3.65. The first kappa shape index (κ1) is 15.6. The van der Waals surface area contributed by atoms with E-state index in [2.05, 4.69) is 9.71 Å². The van der Waals surface area contributed by atoms with Gasteiger partial charge in [0.2, 0.25) is 0 Å². The van der Waals surface area contributed by atoms with E-state index < -0.39 is 10.0 Å². The Morgan fingerprint density at radius 3 is 2.76 bits per heavy atom. The number of nitrogens with zero attached hydrogens (tertiary/aromatic N) is 2. The molecule has 0 atom stereocenters. The van der Waals surface area contributed by atoms with Gasteiger partial charge in [-0.15, -0.1) is 4.40 Å². The zero-order chi connectivity index (χ0) is 17.4. The Labute approximate surface area is 145 Å². The van der Waals surface area contributed by atoms with E-state index in [-0.39, 0.29) is 18.2 Å². The quantitative estimate of drug-likeness (QED) is 0.898. The monoisotopic (exact) mass is 353 g/mol. The van der Waals surface area contributed by atoms with Crippen LogP contribution >= 0.6 is 0 Å². The van der Waals surface area contributed by atoms with Crippen molar-refractivity contribution in [3.63, 3.8) is 0 Å². The molecule has 6 nitrogen and oxygen atoms in total. The van der Waals surface area contributed by atoms with Crippen LogP contribution in [0.3, 0.4) is 0 Å². The van der Waals surface area contributed by atoms with Crippen LogP contribution in [0.15, 0.2) is 70.8 Å². The Morgan fingerprint density at radius 2 is 1.88 bits per heavy atom. The molecule has 4 rings (SSSR count). The highest BCUT2D eigenvalue weighted by atomic mass is 32.2. The van der Waals surface area contributed by atoms with E-state index in [0.29, 0.717) is 11.4 Å². The number of carbonyl (C=O) groups is 1. The fraction of sp³-hybridized carbons (Fsp3) is 0.111. The lowest BCUT2D eigenvalue weighted by Gasteiger charge is -2.27. The molecule has 0 saturated heterocycles. The molecule has 126 valence electrons. The normalized spacial score (nSPS) is 18.3. The van der Waals surface area contributed by atoms with Crippen LogP contribution in [-0.2, 0) is 14.8 Å². The predicted molar refractivity (Wildman–Crippen MR) is 97.7 cm³/mol. The maximum atomic E-state index is 12.6. The molecule has 0 bridgehead atoms. The zero-order valence-corrected chi connectivity index (χ0v) is 14.0. The molecule has 2 aliphatic rings. The summed E-state index contributed by atoms with van der Waals surface area (Å²) in [7, 11) is -3.40. The summed E-state index contributed by atoms with van der Waals surface area (Å²) in [6.45, 7) is 0.288. The van der Waals surface area contributed by atoms with Crippen LogP contribution in [0.1, 0.15) is 0 Å². The third-order valence-electron chi connectivity index (χ3n) is 4.12. The average Bonchev–Trinajstić information content (AvgIpc) is 2.61. The number of hydrogen-bond acceptors (Lipinski definition) is 4. The van der Waals surface area contributed by atoms with Crippen LogP contribution in [0.4, 0.5) is 5.69 Å². The summed E-state index contributed by atoms with van der Waals surface area (Å²) < 4.78 is 26.8. The van der Waals surface area contributed by atoms with Crippen LogP contribution in [0, 0.1) is 0 Å². The summed E-state index contributed by atoms with van der Waals surface area (Å²) in [5, 5.41) is 4.93. The van der Waals surface area contributed by atoms with Gasteiger partial charge in [0.25, 0.3) is 15.9 Å². The van der Waals surface area contributed by atoms with Gasteiger partial charge < -0.3 is 10.2 Å². The third-order valence-corrected chi connectivity index (χ3v) is 5.29. The number of amides is 1. The molecule has 0 aliphatic carbocycles. The largest absolute Gasteiger partial charge is 0.330 e. The Morgan fingerprint density at radius 1 is 1.08 bits per heavy atom. The summed E-state index contributed by atoms with van der Waals surface area (Å²) in [5.41, 5.74) is 1.18. The SMILES string of the molecule is O=C(Nc1cccc2ccccc12)C1=CN2CCS(=O)(=O)N=C2C=C1. The summed E-state index contributed by atoms with van der Waals surface area (Å²) in [6.07, 6.45) is 4.76. The number of hydrogen-bond donors (Lipinski definition) is 1. The number of anilines is 1. The summed E-state index contributed by atoms with van der Waals surface area (Å²) in [5.74, 6) is 0.0343. The summed E-state index contributed by atoms with van der Waals surface area (Å²) in [4.78, 5) is 14.3. The second-order valence-corrected chi connectivity index (χ2v) is 7.58. The molecule has 2 aromatic carbocycles. The first-order valence-corrected chi connectivity index (χ1v) is 9.41. The molecule has 0 fully saturated rings. The van der Waals surface area contributed by atoms with Gasteiger partial charge in [0.15, 0.2) is 0 Å². The second-order valence-electron chi connectivity index (χ2n) is 5.83. The maximum Gasteiger partial charge on any atom is 0.257 e. The molecule has 2 aliphatic heterocycles. The molecule has 0 radical (unpaired) electrons. The molecule has 2 heterocycles. The summed E-state index contributed by atoms with van der Waals surface area (Å²) in [6, 6.07) is 13.6. The second kappa shape index (κ2) is 5.86. The Balaban J connectivity index is 1.60. The first-order chi connectivity index (χ1) is 12.0. The topological polar surface area (TPSA) is 78.8 Å². The van der Waals surface area contributed by atoms with Crippen molar-refractivity contribution < 1.29 is 13.2 Å². The number of rotatable bonds is 2. The van der Waals surface area contributed by atoms with Crippen LogP contribution in [0.25, 0.3) is 10.8 Å². The van der Waals surface area contributed by atoms with E-state index in [9.17, 15) is 13.2 Å². The van der Waals surface area contributed by atoms with E-state index in [1.807, 2.05) is 42.5 Å². The van der Waals surface area contributed by atoms with Gasteiger partial charge in [0.1, 0.15) is 5.84 Å². The van der Waals surface area contributed by atoms with Gasteiger partial charge in [-0.3, -0.25) is 4.79 Å². The third kappa shape index (κ3) is 3.06. The van der Waals surface area contributed by atoms with Gasteiger partial charge >= 0.3 is 0 Å². The van der Waals surface area contributed by atoms with E-state index in [0.717, 1.165) is 16.5 Å². The maximum absolute atomic E-state index is 12.6. The highest BCUT2D eigenvalue weighted by Crippen LogP contribution is 2.24. The minimum absolute atomic E-state index is 0.0565. The van der Waals surface area contributed by atoms with Crippen molar-refractivity contribution in [3.8, 4) is 0 Å². The van der Waals surface area contributed by atoms with Crippen LogP contribution < -0.4 is 5.32 Å². The molecule has 1 N–H and O–H groups in total. The fourth-order valence-corrected chi connectivity index (χ4v) is 3.83. The van der Waals surface area contributed by atoms with E-state index in [1.54, 1.807) is 23.3 Å². The molecule has 1 amide bonds. The lowest BCUT2D eigenvalue weighted by atomic mass is 10.1. The smallest absolute Gasteiger partial charge is 0.257 e. The van der Waals surface area contributed by atoms with Crippen molar-refractivity contribution in [3.05, 3.63) is 66.4 Å². The molecular weight excluding hydrogens is 338 g/mol. The molecule has 0 aromatic heterocycles. The molecule has 25 heavy (non-hydrogen) atoms. The van der Waals surface area contributed by atoms with Crippen molar-refractivity contribution in [2.45, 2.75) is 0 Å². The Bertz CT molecular complexity index is 1060. The van der Waals surface area contributed by atoms with Gasteiger partial charge in [0.05, 0.1) is 11.3 Å². The molecule has 0 saturated carbocycles. The van der Waals surface area contributed by atoms with E-state index in [1.165, 1.54) is 0 Å². The van der Waals surface area contributed by atoms with E-state index >= 15 is 0 Å². The highest BCUT2D eigenvalue weighted by molar-refractivity contribution is 7.90. The lowest BCUT2D eigenvalue weighted by Crippen LogP contribution is -2.37. The number of nitrogens with one attached hydrogen (secondary N) is 1. The number of fused-ring (bicyclic) bond motifs is 2. The first-order valence-electron chi connectivity index (χ1n) is 7.80. The molecule has 0 unspecified atom stereocenters. The van der Waals surface area contributed by atoms with Crippen molar-refractivity contribution in [1.82, 2.24) is 4.90 Å².